The summed E-state index contributed by atoms with van der Waals surface area (Å²) in [5.41, 5.74) is 1.64. The summed E-state index contributed by atoms with van der Waals surface area (Å²) in [5, 5.41) is 0. The number of aryl methyl sites for hydroxylation is 1. The number of nitrogens with zero attached hydrogens (tertiary/aromatic N) is 1. The lowest BCUT2D eigenvalue weighted by Crippen LogP contribution is -2.48. The number of hydrogen-bond acceptors (Lipinski definition) is 1. The molecule has 0 amide bonds. The van der Waals surface area contributed by atoms with E-state index >= 15 is 0 Å². The third-order valence-corrected chi connectivity index (χ3v) is 4.11. The quantitative estimate of drug-likeness (QED) is 0.681. The van der Waals surface area contributed by atoms with Crippen LogP contribution in [-0.4, -0.2) is 18.8 Å². The Bertz CT molecular complexity index is 484. The second-order valence-electron chi connectivity index (χ2n) is 6.06. The fourth-order valence-electron chi connectivity index (χ4n) is 3.22. The number of anilines is 1. The van der Waals surface area contributed by atoms with Crippen molar-refractivity contribution in [2.75, 3.05) is 11.4 Å². The van der Waals surface area contributed by atoms with E-state index in [0.29, 0.717) is 36.2 Å². The van der Waals surface area contributed by atoms with E-state index in [1.54, 1.807) is 13.0 Å². The fourth-order valence-corrected chi connectivity index (χ4v) is 3.22. The molecule has 1 atom stereocenters. The average Bonchev–Trinajstić information content (AvgIpc) is 2.36. The molecule has 0 radical (unpaired) electrons. The van der Waals surface area contributed by atoms with Crippen molar-refractivity contribution < 1.29 is 17.6 Å². The molecule has 5 heteroatoms. The second-order valence-corrected chi connectivity index (χ2v) is 6.06. The first kappa shape index (κ1) is 16.1. The molecule has 118 valence electrons. The molecule has 1 aliphatic rings. The molecule has 1 unspecified atom stereocenters. The van der Waals surface area contributed by atoms with Crippen LogP contribution in [0.25, 0.3) is 0 Å². The van der Waals surface area contributed by atoms with Crippen LogP contribution in [0.4, 0.5) is 23.2 Å². The van der Waals surface area contributed by atoms with Gasteiger partial charge in [0.2, 0.25) is 0 Å². The number of hydrogen-bond donors (Lipinski definition) is 0. The number of rotatable bonds is 2. The van der Waals surface area contributed by atoms with E-state index in [2.05, 4.69) is 0 Å². The second kappa shape index (κ2) is 5.85. The summed E-state index contributed by atoms with van der Waals surface area (Å²) in [5.74, 6) is -0.398. The van der Waals surface area contributed by atoms with Gasteiger partial charge in [-0.15, -0.1) is 0 Å². The van der Waals surface area contributed by atoms with Gasteiger partial charge in [0.15, 0.2) is 0 Å². The largest absolute Gasteiger partial charge is 0.408 e. The molecular formula is C16H21F4N. The Labute approximate surface area is 122 Å². The van der Waals surface area contributed by atoms with E-state index in [4.69, 9.17) is 0 Å². The van der Waals surface area contributed by atoms with Crippen LogP contribution in [0, 0.1) is 12.7 Å². The zero-order chi connectivity index (χ0) is 15.8. The van der Waals surface area contributed by atoms with Gasteiger partial charge >= 0.3 is 6.18 Å². The standard InChI is InChI=1S/C16H21F4N/c1-10(2)15-11(3)8-12(9-13(15)17)21-7-5-4-6-14(21)16(18,19)20/h8-10,14H,4-7H2,1-3H3. The molecule has 0 N–H and O–H groups in total. The topological polar surface area (TPSA) is 3.24 Å². The normalized spacial score (nSPS) is 20.2. The van der Waals surface area contributed by atoms with E-state index in [0.717, 1.165) is 0 Å². The van der Waals surface area contributed by atoms with Crippen molar-refractivity contribution in [3.8, 4) is 0 Å². The van der Waals surface area contributed by atoms with E-state index in [-0.39, 0.29) is 12.3 Å². The molecule has 0 aromatic heterocycles. The van der Waals surface area contributed by atoms with Gasteiger partial charge in [-0.25, -0.2) is 4.39 Å². The van der Waals surface area contributed by atoms with E-state index in [9.17, 15) is 17.6 Å². The molecule has 1 fully saturated rings. The number of benzene rings is 1. The lowest BCUT2D eigenvalue weighted by atomic mass is 9.95. The van der Waals surface area contributed by atoms with E-state index < -0.39 is 18.0 Å². The van der Waals surface area contributed by atoms with Crippen LogP contribution in [0.15, 0.2) is 12.1 Å². The van der Waals surface area contributed by atoms with Crippen LogP contribution in [0.2, 0.25) is 0 Å². The maximum Gasteiger partial charge on any atom is 0.408 e. The maximum atomic E-state index is 14.2. The first-order valence-electron chi connectivity index (χ1n) is 7.35. The summed E-state index contributed by atoms with van der Waals surface area (Å²) in [6, 6.07) is 1.43. The van der Waals surface area contributed by atoms with Gasteiger partial charge in [-0.3, -0.25) is 0 Å². The summed E-state index contributed by atoms with van der Waals surface area (Å²) in [6.07, 6.45) is -2.93. The highest BCUT2D eigenvalue weighted by Crippen LogP contribution is 2.37. The highest BCUT2D eigenvalue weighted by Gasteiger charge is 2.44. The third kappa shape index (κ3) is 3.33. The lowest BCUT2D eigenvalue weighted by Gasteiger charge is -2.38. The molecule has 1 aromatic rings. The minimum atomic E-state index is -4.28. The first-order valence-corrected chi connectivity index (χ1v) is 7.35. The van der Waals surface area contributed by atoms with Gasteiger partial charge in [-0.05, 0) is 55.4 Å². The molecule has 1 heterocycles. The van der Waals surface area contributed by atoms with Crippen molar-refractivity contribution in [2.45, 2.75) is 58.2 Å². The highest BCUT2D eigenvalue weighted by atomic mass is 19.4. The van der Waals surface area contributed by atoms with Crippen LogP contribution < -0.4 is 4.90 Å². The molecule has 1 saturated heterocycles. The predicted octanol–water partition coefficient (Wildman–Crippen LogP) is 5.18. The molecule has 21 heavy (non-hydrogen) atoms. The summed E-state index contributed by atoms with van der Waals surface area (Å²) >= 11 is 0. The van der Waals surface area contributed by atoms with Crippen molar-refractivity contribution in [3.63, 3.8) is 0 Å². The van der Waals surface area contributed by atoms with E-state index in [1.165, 1.54) is 11.0 Å². The molecule has 0 spiro atoms. The van der Waals surface area contributed by atoms with Crippen LogP contribution in [-0.2, 0) is 0 Å². The molecule has 1 nitrogen and oxygen atoms in total. The monoisotopic (exact) mass is 303 g/mol. The minimum Gasteiger partial charge on any atom is -0.360 e. The fraction of sp³-hybridized carbons (Fsp3) is 0.625. The molecule has 1 aromatic carbocycles. The van der Waals surface area contributed by atoms with Gasteiger partial charge in [0.1, 0.15) is 11.9 Å². The smallest absolute Gasteiger partial charge is 0.360 e. The molecule has 2 rings (SSSR count). The summed E-state index contributed by atoms with van der Waals surface area (Å²) in [6.45, 7) is 5.84. The van der Waals surface area contributed by atoms with Crippen molar-refractivity contribution in [1.82, 2.24) is 0 Å². The molecule has 0 aliphatic carbocycles. The Morgan fingerprint density at radius 2 is 1.86 bits per heavy atom. The van der Waals surface area contributed by atoms with Crippen molar-refractivity contribution in [1.29, 1.82) is 0 Å². The van der Waals surface area contributed by atoms with E-state index in [1.807, 2.05) is 13.8 Å². The number of halogens is 4. The molecule has 0 saturated carbocycles. The maximum absolute atomic E-state index is 14.2. The van der Waals surface area contributed by atoms with Crippen molar-refractivity contribution in [2.24, 2.45) is 0 Å². The number of alkyl halides is 3. The van der Waals surface area contributed by atoms with Gasteiger partial charge in [-0.1, -0.05) is 13.8 Å². The van der Waals surface area contributed by atoms with Gasteiger partial charge in [0, 0.05) is 12.2 Å². The third-order valence-electron chi connectivity index (χ3n) is 4.11. The van der Waals surface area contributed by atoms with Gasteiger partial charge in [-0.2, -0.15) is 13.2 Å². The van der Waals surface area contributed by atoms with Crippen LogP contribution >= 0.6 is 0 Å². The zero-order valence-electron chi connectivity index (χ0n) is 12.6. The Balaban J connectivity index is 2.40. The van der Waals surface area contributed by atoms with Gasteiger partial charge in [0.25, 0.3) is 0 Å². The number of piperidine rings is 1. The summed E-state index contributed by atoms with van der Waals surface area (Å²) in [7, 11) is 0. The van der Waals surface area contributed by atoms with Crippen molar-refractivity contribution in [3.05, 3.63) is 29.1 Å². The first-order chi connectivity index (χ1) is 9.71. The Hall–Kier alpha value is -1.26. The highest BCUT2D eigenvalue weighted by molar-refractivity contribution is 5.53. The summed E-state index contributed by atoms with van der Waals surface area (Å²) < 4.78 is 53.7. The van der Waals surface area contributed by atoms with Crippen LogP contribution in [0.1, 0.15) is 50.2 Å². The Morgan fingerprint density at radius 1 is 1.19 bits per heavy atom. The van der Waals surface area contributed by atoms with Gasteiger partial charge in [0.05, 0.1) is 0 Å². The van der Waals surface area contributed by atoms with Crippen LogP contribution in [0.3, 0.4) is 0 Å². The Kier molecular flexibility index (Phi) is 4.49. The van der Waals surface area contributed by atoms with Gasteiger partial charge < -0.3 is 4.90 Å². The minimum absolute atomic E-state index is 0.0128. The van der Waals surface area contributed by atoms with Crippen molar-refractivity contribution >= 4 is 5.69 Å². The lowest BCUT2D eigenvalue weighted by molar-refractivity contribution is -0.152. The molecule has 0 bridgehead atoms. The molecule has 1 aliphatic heterocycles. The molecular weight excluding hydrogens is 282 g/mol. The SMILES string of the molecule is Cc1cc(N2CCCCC2C(F)(F)F)cc(F)c1C(C)C. The summed E-state index contributed by atoms with van der Waals surface area (Å²) in [4.78, 5) is 1.31. The average molecular weight is 303 g/mol. The zero-order valence-corrected chi connectivity index (χ0v) is 12.6. The Morgan fingerprint density at radius 3 is 2.38 bits per heavy atom. The predicted molar refractivity (Wildman–Crippen MR) is 76.3 cm³/mol. The van der Waals surface area contributed by atoms with Crippen LogP contribution in [0.5, 0.6) is 0 Å².